The van der Waals surface area contributed by atoms with Gasteiger partial charge in [0.2, 0.25) is 17.7 Å². The fraction of sp³-hybridized carbons (Fsp3) is 0.652. The maximum Gasteiger partial charge on any atom is 0.426 e. The number of rotatable bonds is 25. The van der Waals surface area contributed by atoms with Gasteiger partial charge in [0.1, 0.15) is 29.1 Å². The van der Waals surface area contributed by atoms with E-state index in [1.807, 2.05) is 52.8 Å². The highest BCUT2D eigenvalue weighted by Gasteiger charge is 2.39. The van der Waals surface area contributed by atoms with Crippen LogP contribution in [0.15, 0.2) is 29.6 Å². The van der Waals surface area contributed by atoms with Crippen LogP contribution in [0.1, 0.15) is 127 Å². The average molecular weight is 962 g/mol. The first kappa shape index (κ1) is 55.4. The van der Waals surface area contributed by atoms with Crippen molar-refractivity contribution >= 4 is 64.8 Å². The number of ether oxygens (including phenoxy) is 3. The van der Waals surface area contributed by atoms with Crippen LogP contribution < -0.4 is 21.5 Å². The smallest absolute Gasteiger partial charge is 0.426 e. The van der Waals surface area contributed by atoms with Crippen LogP contribution in [0.3, 0.4) is 0 Å². The Balaban J connectivity index is 1.92. The van der Waals surface area contributed by atoms with Crippen molar-refractivity contribution in [1.29, 1.82) is 0 Å². The predicted octanol–water partition coefficient (Wildman–Crippen LogP) is 5.50. The Morgan fingerprint density at radius 3 is 2.32 bits per heavy atom. The average Bonchev–Trinajstić information content (AvgIpc) is 3.78. The van der Waals surface area contributed by atoms with Crippen molar-refractivity contribution in [1.82, 2.24) is 36.3 Å². The van der Waals surface area contributed by atoms with Crippen molar-refractivity contribution in [2.45, 2.75) is 137 Å². The maximum atomic E-state index is 14.8. The Bertz CT molecular complexity index is 1900. The number of likely N-dealkylation sites (N-methyl/N-ethyl adjacent to an activating group) is 1. The Morgan fingerprint density at radius 2 is 1.70 bits per heavy atom. The number of hydrazine groups is 1. The second-order valence-electron chi connectivity index (χ2n) is 17.2. The summed E-state index contributed by atoms with van der Waals surface area (Å²) < 4.78 is 16.6. The number of nitrogens with one attached hydrogen (secondary N) is 4. The van der Waals surface area contributed by atoms with Crippen molar-refractivity contribution in [3.8, 4) is 5.75 Å². The van der Waals surface area contributed by atoms with Gasteiger partial charge in [0.05, 0.1) is 6.04 Å². The number of aromatic nitrogens is 1. The van der Waals surface area contributed by atoms with E-state index in [0.717, 1.165) is 36.3 Å². The number of carbonyl (C=O) groups is 7. The van der Waals surface area contributed by atoms with Gasteiger partial charge in [-0.2, -0.15) is 11.8 Å². The lowest BCUT2D eigenvalue weighted by molar-refractivity contribution is -0.160. The van der Waals surface area contributed by atoms with Crippen LogP contribution in [0.4, 0.5) is 4.79 Å². The molecule has 1 aliphatic heterocycles. The normalized spacial score (nSPS) is 16.7. The van der Waals surface area contributed by atoms with Gasteiger partial charge in [-0.1, -0.05) is 66.5 Å². The minimum atomic E-state index is -1.04. The molecule has 1 aliphatic rings. The third-order valence-corrected chi connectivity index (χ3v) is 13.1. The number of carbonyl (C=O) groups excluding carboxylic acids is 7. The van der Waals surface area contributed by atoms with Gasteiger partial charge in [0.25, 0.3) is 5.91 Å². The van der Waals surface area contributed by atoms with Gasteiger partial charge in [0, 0.05) is 48.9 Å². The predicted molar refractivity (Wildman–Crippen MR) is 252 cm³/mol. The minimum Gasteiger partial charge on any atom is -0.508 e. The van der Waals surface area contributed by atoms with Crippen molar-refractivity contribution in [2.24, 2.45) is 17.8 Å². The van der Waals surface area contributed by atoms with Gasteiger partial charge in [-0.3, -0.25) is 39.1 Å². The number of hydrogen-bond acceptors (Lipinski definition) is 15. The van der Waals surface area contributed by atoms with E-state index >= 15 is 0 Å². The molecule has 0 bridgehead atoms. The second kappa shape index (κ2) is 28.3. The van der Waals surface area contributed by atoms with Crippen LogP contribution in [0.2, 0.25) is 0 Å². The highest BCUT2D eigenvalue weighted by atomic mass is 32.2. The number of thiazole rings is 1. The number of phenolic OH excluding ortho intramolecular Hbond substituents is 1. The van der Waals surface area contributed by atoms with E-state index in [1.165, 1.54) is 41.1 Å². The molecule has 66 heavy (non-hydrogen) atoms. The number of hydrogen-bond donors (Lipinski definition) is 5. The Kier molecular flexibility index (Phi) is 23.7. The van der Waals surface area contributed by atoms with Crippen LogP contribution >= 0.6 is 23.1 Å². The molecule has 5 N–H and O–H groups in total. The third-order valence-electron chi connectivity index (χ3n) is 11.6. The van der Waals surface area contributed by atoms with E-state index < -0.39 is 72.6 Å². The number of amides is 5. The van der Waals surface area contributed by atoms with Crippen LogP contribution in [-0.4, -0.2) is 125 Å². The largest absolute Gasteiger partial charge is 0.508 e. The van der Waals surface area contributed by atoms with Crippen LogP contribution in [-0.2, 0) is 44.6 Å². The zero-order chi connectivity index (χ0) is 48.9. The molecular formula is C46H71N7O11S2. The van der Waals surface area contributed by atoms with E-state index in [2.05, 4.69) is 26.5 Å². The van der Waals surface area contributed by atoms with Gasteiger partial charge >= 0.3 is 18.0 Å². The molecule has 1 aromatic carbocycles. The van der Waals surface area contributed by atoms with E-state index in [1.54, 1.807) is 19.1 Å². The summed E-state index contributed by atoms with van der Waals surface area (Å²) in [6.45, 7) is 12.9. The molecular weight excluding hydrogens is 891 g/mol. The van der Waals surface area contributed by atoms with Gasteiger partial charge in [0.15, 0.2) is 12.8 Å². The molecule has 0 radical (unpaired) electrons. The molecule has 2 aromatic rings. The van der Waals surface area contributed by atoms with Gasteiger partial charge < -0.3 is 34.9 Å². The summed E-state index contributed by atoms with van der Waals surface area (Å²) >= 11 is 2.59. The van der Waals surface area contributed by atoms with E-state index in [-0.39, 0.29) is 72.5 Å². The fourth-order valence-corrected chi connectivity index (χ4v) is 8.66. The van der Waals surface area contributed by atoms with E-state index in [4.69, 9.17) is 14.2 Å². The second-order valence-corrected chi connectivity index (χ2v) is 19.1. The van der Waals surface area contributed by atoms with E-state index in [9.17, 15) is 38.7 Å². The number of likely N-dealkylation sites (tertiary alicyclic amines) is 1. The van der Waals surface area contributed by atoms with Gasteiger partial charge in [-0.25, -0.2) is 15.2 Å². The Labute approximate surface area is 397 Å². The van der Waals surface area contributed by atoms with Gasteiger partial charge in [-0.15, -0.1) is 11.3 Å². The lowest BCUT2D eigenvalue weighted by Gasteiger charge is -2.39. The fourth-order valence-electron chi connectivity index (χ4n) is 7.57. The highest BCUT2D eigenvalue weighted by Crippen LogP contribution is 2.32. The topological polar surface area (TPSA) is 235 Å². The number of thioether (sulfide) groups is 1. The third kappa shape index (κ3) is 18.0. The first-order chi connectivity index (χ1) is 31.4. The summed E-state index contributed by atoms with van der Waals surface area (Å²) in [6, 6.07) is 3.78. The molecule has 1 saturated heterocycles. The molecule has 1 aromatic heterocycles. The van der Waals surface area contributed by atoms with Crippen molar-refractivity contribution in [3.63, 3.8) is 0 Å². The molecule has 2 heterocycles. The first-order valence-corrected chi connectivity index (χ1v) is 25.1. The molecule has 20 heteroatoms. The number of nitrogens with zero attached hydrogens (tertiary/aromatic N) is 3. The molecule has 1 fully saturated rings. The summed E-state index contributed by atoms with van der Waals surface area (Å²) in [5, 5.41) is 17.7. The number of esters is 2. The van der Waals surface area contributed by atoms with E-state index in [0.29, 0.717) is 25.0 Å². The Morgan fingerprint density at radius 1 is 0.985 bits per heavy atom. The van der Waals surface area contributed by atoms with Crippen LogP contribution in [0.5, 0.6) is 5.75 Å². The minimum absolute atomic E-state index is 0.0179. The number of benzene rings is 1. The van der Waals surface area contributed by atoms with Crippen LogP contribution in [0, 0.1) is 17.8 Å². The summed E-state index contributed by atoms with van der Waals surface area (Å²) in [5.74, 6) is -3.48. The molecule has 2 unspecified atom stereocenters. The van der Waals surface area contributed by atoms with Crippen LogP contribution in [0.25, 0.3) is 0 Å². The number of aromatic hydroxyl groups is 1. The molecule has 18 nitrogen and oxygen atoms in total. The highest BCUT2D eigenvalue weighted by molar-refractivity contribution is 7.98. The molecule has 0 aliphatic carbocycles. The summed E-state index contributed by atoms with van der Waals surface area (Å²) in [6.07, 6.45) is 4.26. The summed E-state index contributed by atoms with van der Waals surface area (Å²) in [7, 11) is 1.90. The lowest BCUT2D eigenvalue weighted by Crippen LogP contribution is -2.59. The monoisotopic (exact) mass is 961 g/mol. The zero-order valence-electron chi connectivity index (χ0n) is 39.9. The molecule has 7 atom stereocenters. The summed E-state index contributed by atoms with van der Waals surface area (Å²) in [5.41, 5.74) is 5.38. The molecule has 0 saturated carbocycles. The zero-order valence-corrected chi connectivity index (χ0v) is 41.5. The molecule has 5 amide bonds. The van der Waals surface area contributed by atoms with Gasteiger partial charge in [-0.05, 0) is 81.5 Å². The SMILES string of the molecule is CCCC(=O)OCN(C(=O)[C@@H](NC(=O)C1CCCCN1C)C(C)CC)[C@H](C[C@@H](OC(C)=O)c1nc(C(=O)N[C@@H](Cc2ccc(O)cc2)C[C@H](C)C(=O)NNC(=O)OCCSC)cs1)C(C)C. The van der Waals surface area contributed by atoms with Crippen molar-refractivity contribution < 1.29 is 52.9 Å². The van der Waals surface area contributed by atoms with Crippen molar-refractivity contribution in [3.05, 3.63) is 45.9 Å². The molecule has 0 spiro atoms. The summed E-state index contributed by atoms with van der Waals surface area (Å²) in [4.78, 5) is 101. The Hall–Kier alpha value is -4.95. The molecule has 3 rings (SSSR count). The standard InChI is InChI=1S/C46H71N7O11S2/c1-10-14-39(56)63-27-53(45(60)40(29(5)11-2)49-43(59)36-15-12-13-20-52(36)8)37(28(3)4)25-38(64-31(7)54)44-48-35(26-66-44)42(58)47-33(24-32-16-18-34(55)19-17-32)23-30(6)41(57)50-51-46(61)62-21-22-65-9/h16-19,26,28-30,33,36-38,40,55H,10-15,20-25,27H2,1-9H3,(H,47,58)(H,49,59)(H,50,57)(H,51,61)/t29?,30-,33+,36?,37+,38+,40-/m0/s1. The lowest BCUT2D eigenvalue weighted by atomic mass is 9.92. The number of phenols is 1. The number of piperidine rings is 1. The first-order valence-electron chi connectivity index (χ1n) is 22.8. The maximum absolute atomic E-state index is 14.8. The molecule has 368 valence electrons. The van der Waals surface area contributed by atoms with Crippen molar-refractivity contribution in [2.75, 3.05) is 38.9 Å². The quantitative estimate of drug-likeness (QED) is 0.0272.